The van der Waals surface area contributed by atoms with Crippen LogP contribution in [-0.4, -0.2) is 29.0 Å². The lowest BCUT2D eigenvalue weighted by Crippen LogP contribution is -2.34. The molecule has 2 unspecified atom stereocenters. The van der Waals surface area contributed by atoms with Gasteiger partial charge in [-0.3, -0.25) is 4.79 Å². The summed E-state index contributed by atoms with van der Waals surface area (Å²) in [5, 5.41) is 6.44. The smallest absolute Gasteiger partial charge is 0.321 e. The summed E-state index contributed by atoms with van der Waals surface area (Å²) in [5.74, 6) is 1.66. The van der Waals surface area contributed by atoms with E-state index in [-0.39, 0.29) is 18.3 Å². The Morgan fingerprint density at radius 3 is 2.81 bits per heavy atom. The molecule has 146 valence electrons. The van der Waals surface area contributed by atoms with Crippen molar-refractivity contribution in [1.29, 1.82) is 0 Å². The van der Waals surface area contributed by atoms with E-state index in [9.17, 15) is 4.79 Å². The summed E-state index contributed by atoms with van der Waals surface area (Å²) in [6.45, 7) is 6.22. The Labute approximate surface area is 166 Å². The van der Waals surface area contributed by atoms with Crippen LogP contribution in [0.3, 0.4) is 0 Å². The van der Waals surface area contributed by atoms with Gasteiger partial charge in [-0.25, -0.2) is 9.97 Å². The lowest BCUT2D eigenvalue weighted by Gasteiger charge is -2.28. The van der Waals surface area contributed by atoms with E-state index in [4.69, 9.17) is 4.74 Å². The van der Waals surface area contributed by atoms with Gasteiger partial charge in [-0.05, 0) is 74.5 Å². The second kappa shape index (κ2) is 10.2. The minimum atomic E-state index is 0. The molecule has 1 aliphatic heterocycles. The fourth-order valence-corrected chi connectivity index (χ4v) is 3.31. The average Bonchev–Trinajstić information content (AvgIpc) is 2.65. The highest BCUT2D eigenvalue weighted by Gasteiger charge is 2.22. The van der Waals surface area contributed by atoms with Gasteiger partial charge in [0.2, 0.25) is 5.91 Å². The molecule has 2 atom stereocenters. The molecule has 0 spiro atoms. The topological polar surface area (TPSA) is 76.1 Å². The van der Waals surface area contributed by atoms with Crippen molar-refractivity contribution in [2.45, 2.75) is 33.1 Å². The maximum absolute atomic E-state index is 12.4. The molecule has 1 fully saturated rings. The summed E-state index contributed by atoms with van der Waals surface area (Å²) in [6.07, 6.45) is 6.21. The van der Waals surface area contributed by atoms with Crippen LogP contribution in [0.15, 0.2) is 36.7 Å². The van der Waals surface area contributed by atoms with Gasteiger partial charge in [-0.1, -0.05) is 6.92 Å². The van der Waals surface area contributed by atoms with Crippen LogP contribution in [-0.2, 0) is 4.79 Å². The van der Waals surface area contributed by atoms with Crippen molar-refractivity contribution in [3.05, 3.63) is 42.2 Å². The minimum absolute atomic E-state index is 0. The molecule has 1 aliphatic rings. The van der Waals surface area contributed by atoms with Crippen molar-refractivity contribution in [2.75, 3.05) is 18.4 Å². The molecule has 2 heterocycles. The summed E-state index contributed by atoms with van der Waals surface area (Å²) in [5.41, 5.74) is 1.75. The third kappa shape index (κ3) is 6.19. The highest BCUT2D eigenvalue weighted by atomic mass is 35.5. The van der Waals surface area contributed by atoms with Gasteiger partial charge in [0, 0.05) is 24.5 Å². The normalized spacial score (nSPS) is 17.5. The quantitative estimate of drug-likeness (QED) is 0.780. The molecule has 3 rings (SSSR count). The van der Waals surface area contributed by atoms with Crippen molar-refractivity contribution in [3.8, 4) is 11.8 Å². The number of piperidine rings is 1. The highest BCUT2D eigenvalue weighted by Crippen LogP contribution is 2.26. The van der Waals surface area contributed by atoms with Crippen molar-refractivity contribution in [1.82, 2.24) is 15.3 Å². The maximum atomic E-state index is 12.4. The van der Waals surface area contributed by atoms with E-state index in [0.717, 1.165) is 24.3 Å². The van der Waals surface area contributed by atoms with Gasteiger partial charge < -0.3 is 15.4 Å². The van der Waals surface area contributed by atoms with E-state index < -0.39 is 0 Å². The van der Waals surface area contributed by atoms with E-state index in [1.807, 2.05) is 25.1 Å². The lowest BCUT2D eigenvalue weighted by molar-refractivity contribution is -0.117. The molecular formula is C20H27ClN4O2. The molecular weight excluding hydrogens is 364 g/mol. The van der Waals surface area contributed by atoms with Crippen LogP contribution in [0, 0.1) is 18.8 Å². The Balaban J connectivity index is 0.00000261. The van der Waals surface area contributed by atoms with Gasteiger partial charge in [0.05, 0.1) is 0 Å². The number of nitrogens with zero attached hydrogens (tertiary/aromatic N) is 2. The van der Waals surface area contributed by atoms with Gasteiger partial charge in [0.15, 0.2) is 0 Å². The average molecular weight is 391 g/mol. The largest absolute Gasteiger partial charge is 0.424 e. The Hall–Kier alpha value is -2.18. The molecule has 1 aromatic heterocycles. The van der Waals surface area contributed by atoms with Crippen LogP contribution in [0.25, 0.3) is 0 Å². The van der Waals surface area contributed by atoms with Crippen LogP contribution in [0.4, 0.5) is 5.69 Å². The number of aromatic nitrogens is 2. The molecule has 7 heteroatoms. The molecule has 27 heavy (non-hydrogen) atoms. The zero-order chi connectivity index (χ0) is 18.4. The predicted octanol–water partition coefficient (Wildman–Crippen LogP) is 3.96. The summed E-state index contributed by atoms with van der Waals surface area (Å²) in [4.78, 5) is 20.5. The second-order valence-corrected chi connectivity index (χ2v) is 6.95. The van der Waals surface area contributed by atoms with E-state index in [1.54, 1.807) is 18.5 Å². The number of hydrogen-bond donors (Lipinski definition) is 2. The third-order valence-corrected chi connectivity index (χ3v) is 4.87. The number of anilines is 1. The fourth-order valence-electron chi connectivity index (χ4n) is 3.31. The van der Waals surface area contributed by atoms with Crippen molar-refractivity contribution < 1.29 is 9.53 Å². The number of carbonyl (C=O) groups is 1. The third-order valence-electron chi connectivity index (χ3n) is 4.87. The number of nitrogens with one attached hydrogen (secondary N) is 2. The summed E-state index contributed by atoms with van der Waals surface area (Å²) in [7, 11) is 0. The van der Waals surface area contributed by atoms with E-state index in [0.29, 0.717) is 30.0 Å². The van der Waals surface area contributed by atoms with Gasteiger partial charge in [0.25, 0.3) is 0 Å². The van der Waals surface area contributed by atoms with Gasteiger partial charge in [-0.2, -0.15) is 0 Å². The van der Waals surface area contributed by atoms with Gasteiger partial charge >= 0.3 is 6.01 Å². The number of rotatable bonds is 6. The summed E-state index contributed by atoms with van der Waals surface area (Å²) >= 11 is 0. The number of ether oxygens (including phenoxy) is 1. The zero-order valence-electron chi connectivity index (χ0n) is 15.8. The van der Waals surface area contributed by atoms with Gasteiger partial charge in [-0.15, -0.1) is 12.4 Å². The molecule has 0 saturated carbocycles. The number of aryl methyl sites for hydroxylation is 1. The molecule has 0 aliphatic carbocycles. The predicted molar refractivity (Wildman–Crippen MR) is 109 cm³/mol. The molecule has 1 aromatic carbocycles. The molecule has 0 radical (unpaired) electrons. The molecule has 1 amide bonds. The van der Waals surface area contributed by atoms with E-state index >= 15 is 0 Å². The fraction of sp³-hybridized carbons (Fsp3) is 0.450. The maximum Gasteiger partial charge on any atom is 0.321 e. The SMILES string of the molecule is Cc1cc(Oc2ncccn2)ccc1NC(=O)CC(C)C1CCCNC1.Cl. The first-order valence-electron chi connectivity index (χ1n) is 9.18. The number of amides is 1. The second-order valence-electron chi connectivity index (χ2n) is 6.95. The Morgan fingerprint density at radius 2 is 2.15 bits per heavy atom. The molecule has 2 aromatic rings. The summed E-state index contributed by atoms with van der Waals surface area (Å²) in [6, 6.07) is 7.59. The summed E-state index contributed by atoms with van der Waals surface area (Å²) < 4.78 is 5.62. The molecule has 1 saturated heterocycles. The van der Waals surface area contributed by atoms with Crippen LogP contribution in [0.1, 0.15) is 31.7 Å². The lowest BCUT2D eigenvalue weighted by atomic mass is 9.85. The zero-order valence-corrected chi connectivity index (χ0v) is 16.6. The molecule has 0 bridgehead atoms. The Kier molecular flexibility index (Phi) is 8.00. The highest BCUT2D eigenvalue weighted by molar-refractivity contribution is 5.91. The first kappa shape index (κ1) is 21.1. The monoisotopic (exact) mass is 390 g/mol. The number of hydrogen-bond acceptors (Lipinski definition) is 5. The van der Waals surface area contributed by atoms with Gasteiger partial charge in [0.1, 0.15) is 5.75 Å². The van der Waals surface area contributed by atoms with Crippen LogP contribution >= 0.6 is 12.4 Å². The van der Waals surface area contributed by atoms with Crippen LogP contribution < -0.4 is 15.4 Å². The number of halogens is 1. The van der Waals surface area contributed by atoms with E-state index in [1.165, 1.54) is 12.8 Å². The first-order valence-corrected chi connectivity index (χ1v) is 9.18. The number of benzene rings is 1. The van der Waals surface area contributed by atoms with Crippen molar-refractivity contribution in [3.63, 3.8) is 0 Å². The Morgan fingerprint density at radius 1 is 1.37 bits per heavy atom. The minimum Gasteiger partial charge on any atom is -0.424 e. The first-order chi connectivity index (χ1) is 12.6. The van der Waals surface area contributed by atoms with Crippen LogP contribution in [0.5, 0.6) is 11.8 Å². The van der Waals surface area contributed by atoms with Crippen LogP contribution in [0.2, 0.25) is 0 Å². The molecule has 2 N–H and O–H groups in total. The Bertz CT molecular complexity index is 736. The number of carbonyl (C=O) groups excluding carboxylic acids is 1. The molecule has 6 nitrogen and oxygen atoms in total. The van der Waals surface area contributed by atoms with Crippen molar-refractivity contribution in [2.24, 2.45) is 11.8 Å². The van der Waals surface area contributed by atoms with Crippen molar-refractivity contribution >= 4 is 24.0 Å². The standard InChI is InChI=1S/C20H26N4O2.ClH/c1-14(16-5-3-8-21-13-16)12-19(25)24-18-7-6-17(11-15(18)2)26-20-22-9-4-10-23-20;/h4,6-7,9-11,14,16,21H,3,5,8,12-13H2,1-2H3,(H,24,25);1H. The van der Waals surface area contributed by atoms with E-state index in [2.05, 4.69) is 27.5 Å².